The molecule has 0 aliphatic carbocycles. The van der Waals surface area contributed by atoms with Crippen LogP contribution in [0.1, 0.15) is 30.8 Å². The maximum Gasteiger partial charge on any atom is 0.147 e. The fourth-order valence-electron chi connectivity index (χ4n) is 2.80. The Kier molecular flexibility index (Phi) is 5.24. The van der Waals surface area contributed by atoms with Gasteiger partial charge in [-0.25, -0.2) is 4.98 Å². The van der Waals surface area contributed by atoms with E-state index >= 15 is 0 Å². The second-order valence-corrected chi connectivity index (χ2v) is 8.06. The average Bonchev–Trinajstić information content (AvgIpc) is 3.22. The highest BCUT2D eigenvalue weighted by atomic mass is 32.2. The molecule has 0 radical (unpaired) electrons. The van der Waals surface area contributed by atoms with Crippen LogP contribution in [0.5, 0.6) is 0 Å². The molecule has 0 saturated carbocycles. The summed E-state index contributed by atoms with van der Waals surface area (Å²) in [6, 6.07) is 7.93. The molecule has 2 atom stereocenters. The van der Waals surface area contributed by atoms with Gasteiger partial charge in [0.2, 0.25) is 0 Å². The van der Waals surface area contributed by atoms with Gasteiger partial charge in [0, 0.05) is 18.4 Å². The summed E-state index contributed by atoms with van der Waals surface area (Å²) in [5.74, 6) is 0. The number of aromatic nitrogens is 1. The lowest BCUT2D eigenvalue weighted by Crippen LogP contribution is -2.35. The first-order valence-corrected chi connectivity index (χ1v) is 9.32. The Labute approximate surface area is 149 Å². The van der Waals surface area contributed by atoms with Crippen molar-refractivity contribution in [2.24, 2.45) is 5.16 Å². The number of rotatable bonds is 5. The van der Waals surface area contributed by atoms with Gasteiger partial charge in [0.1, 0.15) is 10.6 Å². The van der Waals surface area contributed by atoms with Crippen molar-refractivity contribution in [2.75, 3.05) is 13.7 Å². The van der Waals surface area contributed by atoms with E-state index in [-0.39, 0.29) is 6.10 Å². The molecule has 0 spiro atoms. The van der Waals surface area contributed by atoms with Crippen molar-refractivity contribution in [3.8, 4) is 0 Å². The minimum atomic E-state index is -0.429. The van der Waals surface area contributed by atoms with Gasteiger partial charge >= 0.3 is 0 Å². The van der Waals surface area contributed by atoms with Gasteiger partial charge in [0.15, 0.2) is 0 Å². The van der Waals surface area contributed by atoms with Crippen molar-refractivity contribution in [3.05, 3.63) is 41.0 Å². The molecule has 1 saturated heterocycles. The zero-order valence-electron chi connectivity index (χ0n) is 13.9. The van der Waals surface area contributed by atoms with E-state index in [9.17, 15) is 0 Å². The number of nitrogens with zero attached hydrogens (tertiary/aromatic N) is 2. The standard InChI is InChI=1S/C17H20N2O3S2/c1-11(19-20)13-4-6-14(7-5-13)23-15-10-18-16(24-15)17(21-3)8-9-22-12(17)2/h4-7,10,12,20H,8-9H2,1-3H3/b19-11-. The quantitative estimate of drug-likeness (QED) is 0.491. The summed E-state index contributed by atoms with van der Waals surface area (Å²) in [5, 5.41) is 13.0. The Bertz CT molecular complexity index is 730. The third kappa shape index (κ3) is 3.21. The molecule has 2 unspecified atom stereocenters. The normalized spacial score (nSPS) is 24.5. The number of benzene rings is 1. The highest BCUT2D eigenvalue weighted by Gasteiger charge is 2.45. The minimum Gasteiger partial charge on any atom is -0.411 e. The molecule has 1 aliphatic rings. The summed E-state index contributed by atoms with van der Waals surface area (Å²) in [7, 11) is 1.73. The summed E-state index contributed by atoms with van der Waals surface area (Å²) in [6.07, 6.45) is 2.73. The van der Waals surface area contributed by atoms with E-state index in [1.54, 1.807) is 37.1 Å². The van der Waals surface area contributed by atoms with E-state index in [2.05, 4.69) is 10.1 Å². The maximum atomic E-state index is 8.82. The lowest BCUT2D eigenvalue weighted by molar-refractivity contribution is -0.0647. The van der Waals surface area contributed by atoms with Gasteiger partial charge in [-0.2, -0.15) is 0 Å². The Morgan fingerprint density at radius 3 is 2.79 bits per heavy atom. The van der Waals surface area contributed by atoms with Crippen molar-refractivity contribution < 1.29 is 14.7 Å². The van der Waals surface area contributed by atoms with Crippen LogP contribution in [-0.2, 0) is 15.1 Å². The Morgan fingerprint density at radius 2 is 2.21 bits per heavy atom. The first-order valence-electron chi connectivity index (χ1n) is 7.69. The van der Waals surface area contributed by atoms with Crippen molar-refractivity contribution in [3.63, 3.8) is 0 Å². The molecular formula is C17H20N2O3S2. The molecule has 3 rings (SSSR count). The highest BCUT2D eigenvalue weighted by molar-refractivity contribution is 8.01. The number of thiazole rings is 1. The van der Waals surface area contributed by atoms with Crippen LogP contribution in [0.25, 0.3) is 0 Å². The molecule has 1 N–H and O–H groups in total. The summed E-state index contributed by atoms with van der Waals surface area (Å²) >= 11 is 3.31. The summed E-state index contributed by atoms with van der Waals surface area (Å²) in [4.78, 5) is 5.70. The second-order valence-electron chi connectivity index (χ2n) is 5.65. The van der Waals surface area contributed by atoms with E-state index in [0.29, 0.717) is 12.3 Å². The van der Waals surface area contributed by atoms with Crippen LogP contribution < -0.4 is 0 Å². The molecule has 0 amide bonds. The highest BCUT2D eigenvalue weighted by Crippen LogP contribution is 2.43. The Morgan fingerprint density at radius 1 is 1.46 bits per heavy atom. The monoisotopic (exact) mass is 364 g/mol. The van der Waals surface area contributed by atoms with E-state index in [4.69, 9.17) is 14.7 Å². The first-order chi connectivity index (χ1) is 11.6. The average molecular weight is 364 g/mol. The number of hydrogen-bond donors (Lipinski definition) is 1. The lowest BCUT2D eigenvalue weighted by atomic mass is 9.97. The van der Waals surface area contributed by atoms with Crippen molar-refractivity contribution in [1.82, 2.24) is 4.98 Å². The van der Waals surface area contributed by atoms with Crippen LogP contribution in [0, 0.1) is 0 Å². The summed E-state index contributed by atoms with van der Waals surface area (Å²) in [6.45, 7) is 4.51. The third-order valence-electron chi connectivity index (χ3n) is 4.35. The first kappa shape index (κ1) is 17.4. The Hall–Kier alpha value is -1.41. The number of ether oxygens (including phenoxy) is 2. The maximum absolute atomic E-state index is 8.82. The van der Waals surface area contributed by atoms with Gasteiger partial charge in [0.25, 0.3) is 0 Å². The number of methoxy groups -OCH3 is 1. The Balaban J connectivity index is 1.77. The second kappa shape index (κ2) is 7.23. The molecule has 5 nitrogen and oxygen atoms in total. The minimum absolute atomic E-state index is 0.00604. The SMILES string of the molecule is COC1(c2ncc(Sc3ccc(/C(C)=N\O)cc3)s2)CCOC1C. The zero-order chi connectivity index (χ0) is 17.2. The molecule has 1 aliphatic heterocycles. The summed E-state index contributed by atoms with van der Waals surface area (Å²) < 4.78 is 12.6. The van der Waals surface area contributed by atoms with E-state index in [1.807, 2.05) is 37.4 Å². The molecule has 0 bridgehead atoms. The van der Waals surface area contributed by atoms with Gasteiger partial charge in [-0.05, 0) is 31.5 Å². The van der Waals surface area contributed by atoms with Crippen LogP contribution in [0.15, 0.2) is 44.7 Å². The summed E-state index contributed by atoms with van der Waals surface area (Å²) in [5.41, 5.74) is 1.08. The van der Waals surface area contributed by atoms with Crippen LogP contribution >= 0.6 is 23.1 Å². The van der Waals surface area contributed by atoms with Crippen LogP contribution in [-0.4, -0.2) is 35.7 Å². The van der Waals surface area contributed by atoms with Gasteiger partial charge in [-0.1, -0.05) is 29.1 Å². The van der Waals surface area contributed by atoms with Crippen LogP contribution in [0.2, 0.25) is 0 Å². The van der Waals surface area contributed by atoms with Gasteiger partial charge in [-0.15, -0.1) is 11.3 Å². The van der Waals surface area contributed by atoms with Gasteiger partial charge < -0.3 is 14.7 Å². The third-order valence-corrected chi connectivity index (χ3v) is 6.61. The molecule has 7 heteroatoms. The molecule has 2 heterocycles. The molecular weight excluding hydrogens is 344 g/mol. The molecule has 128 valence electrons. The van der Waals surface area contributed by atoms with E-state index in [1.165, 1.54) is 0 Å². The topological polar surface area (TPSA) is 63.9 Å². The predicted molar refractivity (Wildman–Crippen MR) is 95.4 cm³/mol. The largest absolute Gasteiger partial charge is 0.411 e. The predicted octanol–water partition coefficient (Wildman–Crippen LogP) is 4.14. The number of oxime groups is 1. The number of hydrogen-bond acceptors (Lipinski definition) is 7. The molecule has 1 fully saturated rings. The van der Waals surface area contributed by atoms with Crippen molar-refractivity contribution in [2.45, 2.75) is 41.1 Å². The van der Waals surface area contributed by atoms with Crippen LogP contribution in [0.3, 0.4) is 0 Å². The smallest absolute Gasteiger partial charge is 0.147 e. The zero-order valence-corrected chi connectivity index (χ0v) is 15.5. The van der Waals surface area contributed by atoms with Crippen LogP contribution in [0.4, 0.5) is 0 Å². The van der Waals surface area contributed by atoms with Crippen molar-refractivity contribution >= 4 is 28.8 Å². The molecule has 1 aromatic heterocycles. The molecule has 2 aromatic rings. The fourth-order valence-corrected chi connectivity index (χ4v) is 5.03. The van der Waals surface area contributed by atoms with E-state index < -0.39 is 5.60 Å². The van der Waals surface area contributed by atoms with Gasteiger partial charge in [0.05, 0.1) is 28.8 Å². The fraction of sp³-hybridized carbons (Fsp3) is 0.412. The molecule has 1 aromatic carbocycles. The van der Waals surface area contributed by atoms with Crippen molar-refractivity contribution in [1.29, 1.82) is 0 Å². The lowest BCUT2D eigenvalue weighted by Gasteiger charge is -2.28. The van der Waals surface area contributed by atoms with E-state index in [0.717, 1.165) is 26.1 Å². The van der Waals surface area contributed by atoms with Gasteiger partial charge in [-0.3, -0.25) is 0 Å². The molecule has 24 heavy (non-hydrogen) atoms.